The average molecular weight is 443 g/mol. The van der Waals surface area contributed by atoms with Gasteiger partial charge in [-0.25, -0.2) is 4.68 Å². The van der Waals surface area contributed by atoms with Gasteiger partial charge in [0.15, 0.2) is 0 Å². The first-order valence-corrected chi connectivity index (χ1v) is 10.8. The van der Waals surface area contributed by atoms with Crippen molar-refractivity contribution in [1.82, 2.24) is 20.0 Å². The number of hydrogen-bond acceptors (Lipinski definition) is 3. The first-order chi connectivity index (χ1) is 14.5. The highest BCUT2D eigenvalue weighted by Crippen LogP contribution is 2.24. The van der Waals surface area contributed by atoms with Crippen LogP contribution in [0.5, 0.6) is 0 Å². The molecule has 1 fully saturated rings. The van der Waals surface area contributed by atoms with Crippen molar-refractivity contribution in [2.75, 3.05) is 13.1 Å². The van der Waals surface area contributed by atoms with E-state index in [0.717, 1.165) is 43.2 Å². The number of likely N-dealkylation sites (tertiary alicyclic amines) is 1. The van der Waals surface area contributed by atoms with Crippen molar-refractivity contribution in [2.45, 2.75) is 32.4 Å². The number of para-hydroxylation sites is 1. The number of amides is 1. The summed E-state index contributed by atoms with van der Waals surface area (Å²) in [4.78, 5) is 15.3. The molecular formula is C23H24Cl2N4O. The fourth-order valence-corrected chi connectivity index (χ4v) is 4.32. The largest absolute Gasteiger partial charge is 0.349 e. The van der Waals surface area contributed by atoms with Crippen LogP contribution in [0.4, 0.5) is 0 Å². The maximum atomic E-state index is 12.9. The Kier molecular flexibility index (Phi) is 6.42. The van der Waals surface area contributed by atoms with Gasteiger partial charge in [0.2, 0.25) is 0 Å². The minimum absolute atomic E-state index is 0.134. The number of benzene rings is 2. The summed E-state index contributed by atoms with van der Waals surface area (Å²) in [7, 11) is 0. The molecule has 1 N–H and O–H groups in total. The third-order valence-electron chi connectivity index (χ3n) is 5.47. The van der Waals surface area contributed by atoms with Gasteiger partial charge in [0.25, 0.3) is 5.91 Å². The van der Waals surface area contributed by atoms with E-state index in [-0.39, 0.29) is 11.9 Å². The predicted octanol–water partition coefficient (Wildman–Crippen LogP) is 4.88. The van der Waals surface area contributed by atoms with E-state index >= 15 is 0 Å². The van der Waals surface area contributed by atoms with Crippen molar-refractivity contribution in [3.63, 3.8) is 0 Å². The van der Waals surface area contributed by atoms with E-state index < -0.39 is 0 Å². The number of carbonyl (C=O) groups is 1. The molecule has 1 aliphatic rings. The highest BCUT2D eigenvalue weighted by Gasteiger charge is 2.25. The first kappa shape index (κ1) is 20.9. The van der Waals surface area contributed by atoms with Gasteiger partial charge in [-0.15, -0.1) is 0 Å². The Hall–Kier alpha value is -2.34. The molecule has 1 saturated heterocycles. The van der Waals surface area contributed by atoms with Gasteiger partial charge in [-0.05, 0) is 49.6 Å². The molecule has 156 valence electrons. The molecule has 0 atom stereocenters. The van der Waals surface area contributed by atoms with Gasteiger partial charge >= 0.3 is 0 Å². The molecule has 0 spiro atoms. The Morgan fingerprint density at radius 3 is 2.40 bits per heavy atom. The van der Waals surface area contributed by atoms with E-state index in [1.165, 1.54) is 5.56 Å². The Balaban J connectivity index is 1.36. The van der Waals surface area contributed by atoms with Gasteiger partial charge in [-0.3, -0.25) is 9.69 Å². The van der Waals surface area contributed by atoms with Crippen molar-refractivity contribution >= 4 is 29.1 Å². The Morgan fingerprint density at radius 2 is 1.73 bits per heavy atom. The van der Waals surface area contributed by atoms with Crippen LogP contribution in [0.1, 0.15) is 34.5 Å². The summed E-state index contributed by atoms with van der Waals surface area (Å²) < 4.78 is 1.61. The van der Waals surface area contributed by atoms with Crippen LogP contribution in [0.15, 0.2) is 54.6 Å². The summed E-state index contributed by atoms with van der Waals surface area (Å²) in [5.74, 6) is -0.157. The molecule has 1 amide bonds. The minimum Gasteiger partial charge on any atom is -0.349 e. The fourth-order valence-electron chi connectivity index (χ4n) is 3.84. The highest BCUT2D eigenvalue weighted by atomic mass is 35.5. The van der Waals surface area contributed by atoms with E-state index in [1.807, 2.05) is 49.4 Å². The molecule has 1 aliphatic heterocycles. The highest BCUT2D eigenvalue weighted by molar-refractivity contribution is 6.33. The van der Waals surface area contributed by atoms with Gasteiger partial charge in [0, 0.05) is 30.7 Å². The van der Waals surface area contributed by atoms with E-state index in [1.54, 1.807) is 4.68 Å². The predicted molar refractivity (Wildman–Crippen MR) is 121 cm³/mol. The number of aryl methyl sites for hydroxylation is 1. The lowest BCUT2D eigenvalue weighted by Gasteiger charge is -2.32. The maximum Gasteiger partial charge on any atom is 0.256 e. The van der Waals surface area contributed by atoms with E-state index in [4.69, 9.17) is 23.2 Å². The summed E-state index contributed by atoms with van der Waals surface area (Å²) in [5, 5.41) is 8.72. The van der Waals surface area contributed by atoms with Crippen LogP contribution >= 0.6 is 23.2 Å². The molecule has 7 heteroatoms. The molecule has 1 aromatic heterocycles. The second kappa shape index (κ2) is 9.21. The maximum absolute atomic E-state index is 12.9. The lowest BCUT2D eigenvalue weighted by molar-refractivity contribution is 0.0908. The number of piperidine rings is 1. The zero-order valence-corrected chi connectivity index (χ0v) is 18.3. The number of nitrogens with zero attached hydrogens (tertiary/aromatic N) is 3. The molecule has 2 aromatic carbocycles. The van der Waals surface area contributed by atoms with Crippen LogP contribution < -0.4 is 5.32 Å². The summed E-state index contributed by atoms with van der Waals surface area (Å²) in [6.07, 6.45) is 1.81. The molecule has 0 unspecified atom stereocenters. The molecule has 0 saturated carbocycles. The van der Waals surface area contributed by atoms with Crippen LogP contribution in [0.3, 0.4) is 0 Å². The number of rotatable bonds is 5. The zero-order valence-electron chi connectivity index (χ0n) is 16.8. The normalized spacial score (nSPS) is 15.3. The van der Waals surface area contributed by atoms with Crippen LogP contribution in [0.25, 0.3) is 5.69 Å². The first-order valence-electron chi connectivity index (χ1n) is 10.1. The Labute approximate surface area is 186 Å². The van der Waals surface area contributed by atoms with Gasteiger partial charge in [0.1, 0.15) is 5.15 Å². The van der Waals surface area contributed by atoms with Gasteiger partial charge in [-0.1, -0.05) is 53.5 Å². The third kappa shape index (κ3) is 4.69. The molecule has 4 rings (SSSR count). The van der Waals surface area contributed by atoms with Crippen LogP contribution in [0, 0.1) is 6.92 Å². The van der Waals surface area contributed by atoms with Crippen LogP contribution in [-0.2, 0) is 6.54 Å². The smallest absolute Gasteiger partial charge is 0.256 e. The van der Waals surface area contributed by atoms with Crippen molar-refractivity contribution in [3.8, 4) is 5.69 Å². The Morgan fingerprint density at radius 1 is 1.07 bits per heavy atom. The molecule has 3 aromatic rings. The van der Waals surface area contributed by atoms with Gasteiger partial charge < -0.3 is 5.32 Å². The second-order valence-corrected chi connectivity index (χ2v) is 8.44. The minimum atomic E-state index is -0.157. The number of carbonyl (C=O) groups excluding carboxylic acids is 1. The molecule has 30 heavy (non-hydrogen) atoms. The summed E-state index contributed by atoms with van der Waals surface area (Å²) >= 11 is 12.5. The fraction of sp³-hybridized carbons (Fsp3) is 0.304. The van der Waals surface area contributed by atoms with E-state index in [9.17, 15) is 4.79 Å². The molecule has 0 bridgehead atoms. The summed E-state index contributed by atoms with van der Waals surface area (Å²) in [6, 6.07) is 17.7. The number of hydrogen-bond donors (Lipinski definition) is 1. The monoisotopic (exact) mass is 442 g/mol. The second-order valence-electron chi connectivity index (χ2n) is 7.65. The van der Waals surface area contributed by atoms with Crippen molar-refractivity contribution in [2.24, 2.45) is 0 Å². The van der Waals surface area contributed by atoms with Gasteiger partial charge in [0.05, 0.1) is 16.9 Å². The van der Waals surface area contributed by atoms with Crippen molar-refractivity contribution < 1.29 is 4.79 Å². The molecule has 5 nitrogen and oxygen atoms in total. The third-order valence-corrected chi connectivity index (χ3v) is 6.08. The molecule has 2 heterocycles. The van der Waals surface area contributed by atoms with E-state index in [2.05, 4.69) is 27.4 Å². The molecule has 0 radical (unpaired) electrons. The van der Waals surface area contributed by atoms with Crippen molar-refractivity contribution in [1.29, 1.82) is 0 Å². The zero-order chi connectivity index (χ0) is 21.1. The SMILES string of the molecule is Cc1nn(-c2ccccc2)c(Cl)c1C(=O)NC1CCN(Cc2ccc(Cl)cc2)CC1. The van der Waals surface area contributed by atoms with Crippen molar-refractivity contribution in [3.05, 3.63) is 81.6 Å². The lowest BCUT2D eigenvalue weighted by Crippen LogP contribution is -2.44. The summed E-state index contributed by atoms with van der Waals surface area (Å²) in [6.45, 7) is 4.58. The topological polar surface area (TPSA) is 50.2 Å². The van der Waals surface area contributed by atoms with Crippen LogP contribution in [-0.4, -0.2) is 39.7 Å². The Bertz CT molecular complexity index is 1010. The number of aromatic nitrogens is 2. The van der Waals surface area contributed by atoms with E-state index in [0.29, 0.717) is 16.4 Å². The van der Waals surface area contributed by atoms with Gasteiger partial charge in [-0.2, -0.15) is 5.10 Å². The number of nitrogens with one attached hydrogen (secondary N) is 1. The molecule has 0 aliphatic carbocycles. The lowest BCUT2D eigenvalue weighted by atomic mass is 10.0. The standard InChI is InChI=1S/C23H24Cl2N4O/c1-16-21(22(25)29(27-16)20-5-3-2-4-6-20)23(30)26-19-11-13-28(14-12-19)15-17-7-9-18(24)10-8-17/h2-10,19H,11-15H2,1H3,(H,26,30). The van der Waals surface area contributed by atoms with Crippen LogP contribution in [0.2, 0.25) is 10.2 Å². The quantitative estimate of drug-likeness (QED) is 0.612. The summed E-state index contributed by atoms with van der Waals surface area (Å²) in [5.41, 5.74) is 3.16. The average Bonchev–Trinajstić information content (AvgIpc) is 3.06. The number of halogens is 2. The molecular weight excluding hydrogens is 419 g/mol.